The van der Waals surface area contributed by atoms with E-state index in [0.29, 0.717) is 18.4 Å². The Morgan fingerprint density at radius 3 is 2.15 bits per heavy atom. The predicted molar refractivity (Wildman–Crippen MR) is 150 cm³/mol. The lowest BCUT2D eigenvalue weighted by Crippen LogP contribution is -2.49. The fourth-order valence-electron chi connectivity index (χ4n) is 4.03. The van der Waals surface area contributed by atoms with Crippen LogP contribution in [-0.2, 0) is 24.4 Å². The fourth-order valence-corrected chi connectivity index (χ4v) is 5.80. The lowest BCUT2D eigenvalue weighted by Gasteiger charge is -2.29. The first-order valence-corrected chi connectivity index (χ1v) is 14.5. The molecule has 0 unspecified atom stereocenters. The number of sulfonamides is 1. The van der Waals surface area contributed by atoms with Crippen LogP contribution in [0.5, 0.6) is 0 Å². The van der Waals surface area contributed by atoms with Gasteiger partial charge in [0.1, 0.15) is 12.1 Å². The molecule has 0 fully saturated rings. The van der Waals surface area contributed by atoms with E-state index in [4.69, 9.17) is 5.73 Å². The van der Waals surface area contributed by atoms with Gasteiger partial charge in [-0.25, -0.2) is 8.42 Å². The maximum atomic E-state index is 13.4. The predicted octanol–water partition coefficient (Wildman–Crippen LogP) is 2.06. The zero-order valence-electron chi connectivity index (χ0n) is 23.0. The van der Waals surface area contributed by atoms with E-state index in [2.05, 4.69) is 10.6 Å². The summed E-state index contributed by atoms with van der Waals surface area (Å²) in [7, 11) is -4.07. The maximum Gasteiger partial charge on any atom is 0.322 e. The van der Waals surface area contributed by atoms with Crippen molar-refractivity contribution in [2.75, 3.05) is 13.1 Å². The normalized spacial score (nSPS) is 13.0. The average Bonchev–Trinajstić information content (AvgIpc) is 2.89. The molecule has 0 aliphatic heterocycles. The van der Waals surface area contributed by atoms with E-state index < -0.39 is 52.2 Å². The third-order valence-electron chi connectivity index (χ3n) is 6.07. The molecule has 0 radical (unpaired) electrons. The number of rotatable bonds is 16. The summed E-state index contributed by atoms with van der Waals surface area (Å²) in [6.45, 7) is 5.60. The number of nitrogens with zero attached hydrogens (tertiary/aromatic N) is 1. The highest BCUT2D eigenvalue weighted by molar-refractivity contribution is 7.89. The summed E-state index contributed by atoms with van der Waals surface area (Å²) in [5, 5.41) is 15.1. The molecule has 0 spiro atoms. The summed E-state index contributed by atoms with van der Waals surface area (Å²) in [5.41, 5.74) is 6.45. The first-order chi connectivity index (χ1) is 18.8. The number of hydrogen-bond donors (Lipinski definition) is 4. The van der Waals surface area contributed by atoms with Crippen LogP contribution in [0.1, 0.15) is 55.5 Å². The van der Waals surface area contributed by atoms with E-state index in [9.17, 15) is 32.7 Å². The van der Waals surface area contributed by atoms with Crippen molar-refractivity contribution in [3.63, 3.8) is 0 Å². The van der Waals surface area contributed by atoms with Gasteiger partial charge in [-0.05, 0) is 56.4 Å². The Morgan fingerprint density at radius 1 is 0.975 bits per heavy atom. The molecule has 11 nitrogen and oxygen atoms in total. The number of nitrogens with two attached hydrogens (primary N) is 1. The summed E-state index contributed by atoms with van der Waals surface area (Å²) in [4.78, 5) is 48.8. The minimum atomic E-state index is -4.07. The highest BCUT2D eigenvalue weighted by Gasteiger charge is 2.36. The molecule has 2 aromatic rings. The van der Waals surface area contributed by atoms with Gasteiger partial charge in [0.05, 0.1) is 11.3 Å². The highest BCUT2D eigenvalue weighted by Crippen LogP contribution is 2.23. The SMILES string of the molecule is Cc1ccc(S(=O)(=O)N(CC(C)C)[C@@H](CCCCNC(=O)[C@H](CC(N)=O)NC(=O)c2ccccc2)C(=O)O)cc1. The first-order valence-electron chi connectivity index (χ1n) is 13.1. The number of aryl methyl sites for hydroxylation is 1. The number of carbonyl (C=O) groups is 4. The van der Waals surface area contributed by atoms with Gasteiger partial charge >= 0.3 is 5.97 Å². The van der Waals surface area contributed by atoms with E-state index in [-0.39, 0.29) is 30.3 Å². The topological polar surface area (TPSA) is 176 Å². The lowest BCUT2D eigenvalue weighted by molar-refractivity contribution is -0.142. The second kappa shape index (κ2) is 15.1. The second-order valence-corrected chi connectivity index (χ2v) is 11.9. The van der Waals surface area contributed by atoms with Crippen molar-refractivity contribution in [1.29, 1.82) is 0 Å². The van der Waals surface area contributed by atoms with Crippen molar-refractivity contribution in [2.24, 2.45) is 11.7 Å². The van der Waals surface area contributed by atoms with Crippen LogP contribution in [0.3, 0.4) is 0 Å². The van der Waals surface area contributed by atoms with Crippen molar-refractivity contribution in [1.82, 2.24) is 14.9 Å². The van der Waals surface area contributed by atoms with Crippen LogP contribution < -0.4 is 16.4 Å². The number of primary amides is 1. The van der Waals surface area contributed by atoms with Gasteiger partial charge in [0.2, 0.25) is 21.8 Å². The zero-order chi connectivity index (χ0) is 29.9. The number of amides is 3. The second-order valence-electron chi connectivity index (χ2n) is 9.98. The standard InChI is InChI=1S/C28H38N4O7S/c1-19(2)18-32(40(38,39)22-14-12-20(3)13-15-22)24(28(36)37)11-7-8-16-30-27(35)23(17-25(29)33)31-26(34)21-9-5-4-6-10-21/h4-6,9-10,12-15,19,23-24H,7-8,11,16-18H2,1-3H3,(H2,29,33)(H,30,35)(H,31,34)(H,36,37)/t23-,24-/m0/s1. The Kier molecular flexibility index (Phi) is 12.3. The molecule has 2 aromatic carbocycles. The molecule has 3 amide bonds. The van der Waals surface area contributed by atoms with E-state index in [1.807, 2.05) is 20.8 Å². The Morgan fingerprint density at radius 2 is 1.60 bits per heavy atom. The Bertz CT molecular complexity index is 1270. The third-order valence-corrected chi connectivity index (χ3v) is 7.96. The van der Waals surface area contributed by atoms with E-state index in [1.165, 1.54) is 12.1 Å². The zero-order valence-corrected chi connectivity index (χ0v) is 23.8. The Hall–Kier alpha value is -3.77. The Balaban J connectivity index is 2.02. The Labute approximate surface area is 235 Å². The molecule has 40 heavy (non-hydrogen) atoms. The molecule has 2 atom stereocenters. The molecule has 0 bridgehead atoms. The van der Waals surface area contributed by atoms with Crippen LogP contribution in [-0.4, -0.2) is 66.7 Å². The number of aliphatic carboxylic acids is 1. The van der Waals surface area contributed by atoms with E-state index in [1.54, 1.807) is 42.5 Å². The van der Waals surface area contributed by atoms with Crippen LogP contribution in [0.15, 0.2) is 59.5 Å². The molecule has 0 aliphatic carbocycles. The molecule has 2 rings (SSSR count). The highest BCUT2D eigenvalue weighted by atomic mass is 32.2. The molecule has 5 N–H and O–H groups in total. The molecule has 218 valence electrons. The maximum absolute atomic E-state index is 13.4. The summed E-state index contributed by atoms with van der Waals surface area (Å²) in [6, 6.07) is 12.0. The van der Waals surface area contributed by atoms with Gasteiger partial charge in [-0.15, -0.1) is 0 Å². The largest absolute Gasteiger partial charge is 0.480 e. The van der Waals surface area contributed by atoms with E-state index >= 15 is 0 Å². The van der Waals surface area contributed by atoms with Crippen LogP contribution >= 0.6 is 0 Å². The minimum absolute atomic E-state index is 0.0234. The summed E-state index contributed by atoms with van der Waals surface area (Å²) in [5.74, 6) is -3.29. The molecular weight excluding hydrogens is 536 g/mol. The van der Waals surface area contributed by atoms with Crippen molar-refractivity contribution in [3.05, 3.63) is 65.7 Å². The van der Waals surface area contributed by atoms with E-state index in [0.717, 1.165) is 9.87 Å². The van der Waals surface area contributed by atoms with Gasteiger partial charge in [0.25, 0.3) is 5.91 Å². The number of carboxylic acid groups (broad SMARTS) is 1. The number of nitrogens with one attached hydrogen (secondary N) is 2. The first kappa shape index (κ1) is 32.4. The molecule has 0 saturated heterocycles. The van der Waals surface area contributed by atoms with Crippen LogP contribution in [0.4, 0.5) is 0 Å². The summed E-state index contributed by atoms with van der Waals surface area (Å²) < 4.78 is 27.8. The summed E-state index contributed by atoms with van der Waals surface area (Å²) in [6.07, 6.45) is 0.267. The quantitative estimate of drug-likeness (QED) is 0.222. The number of benzene rings is 2. The van der Waals surface area contributed by atoms with Crippen molar-refractivity contribution in [3.8, 4) is 0 Å². The molecule has 0 saturated carbocycles. The van der Waals surface area contributed by atoms with Crippen LogP contribution in [0.2, 0.25) is 0 Å². The number of carbonyl (C=O) groups excluding carboxylic acids is 3. The smallest absolute Gasteiger partial charge is 0.322 e. The van der Waals surface area contributed by atoms with Crippen LogP contribution in [0.25, 0.3) is 0 Å². The summed E-state index contributed by atoms with van der Waals surface area (Å²) >= 11 is 0. The fraction of sp³-hybridized carbons (Fsp3) is 0.429. The molecule has 0 heterocycles. The van der Waals surface area contributed by atoms with Gasteiger partial charge in [-0.3, -0.25) is 19.2 Å². The van der Waals surface area contributed by atoms with Gasteiger partial charge < -0.3 is 21.5 Å². The molecule has 0 aromatic heterocycles. The molecule has 0 aliphatic rings. The number of hydrogen-bond acceptors (Lipinski definition) is 6. The lowest BCUT2D eigenvalue weighted by atomic mass is 10.1. The van der Waals surface area contributed by atoms with Gasteiger partial charge in [0.15, 0.2) is 0 Å². The number of carboxylic acids is 1. The monoisotopic (exact) mass is 574 g/mol. The van der Waals surface area contributed by atoms with Gasteiger partial charge in [-0.1, -0.05) is 49.7 Å². The van der Waals surface area contributed by atoms with Gasteiger partial charge in [0, 0.05) is 18.7 Å². The van der Waals surface area contributed by atoms with Crippen molar-refractivity contribution in [2.45, 2.75) is 63.4 Å². The minimum Gasteiger partial charge on any atom is -0.480 e. The van der Waals surface area contributed by atoms with Gasteiger partial charge in [-0.2, -0.15) is 4.31 Å². The third kappa shape index (κ3) is 9.76. The molecule has 12 heteroatoms. The van der Waals surface area contributed by atoms with Crippen molar-refractivity contribution < 1.29 is 32.7 Å². The van der Waals surface area contributed by atoms with Crippen LogP contribution in [0, 0.1) is 12.8 Å². The van der Waals surface area contributed by atoms with Crippen molar-refractivity contribution >= 4 is 33.7 Å². The average molecular weight is 575 g/mol. The molecular formula is C28H38N4O7S. The number of unbranched alkanes of at least 4 members (excludes halogenated alkanes) is 1.